The summed E-state index contributed by atoms with van der Waals surface area (Å²) in [4.78, 5) is 13.0. The summed E-state index contributed by atoms with van der Waals surface area (Å²) in [6, 6.07) is 18.1. The molecule has 3 rings (SSSR count). The second-order valence-electron chi connectivity index (χ2n) is 6.91. The maximum absolute atomic E-state index is 13.0. The van der Waals surface area contributed by atoms with Crippen LogP contribution >= 0.6 is 0 Å². The predicted octanol–water partition coefficient (Wildman–Crippen LogP) is 4.57. The zero-order valence-electron chi connectivity index (χ0n) is 14.1. The highest BCUT2D eigenvalue weighted by Gasteiger charge is 2.23. The summed E-state index contributed by atoms with van der Waals surface area (Å²) >= 11 is 0. The van der Waals surface area contributed by atoms with Gasteiger partial charge < -0.3 is 0 Å². The molecule has 0 unspecified atom stereocenters. The van der Waals surface area contributed by atoms with E-state index in [9.17, 15) is 4.79 Å². The Morgan fingerprint density at radius 2 is 1.48 bits per heavy atom. The Kier molecular flexibility index (Phi) is 3.72. The summed E-state index contributed by atoms with van der Waals surface area (Å²) in [6.45, 7) is 8.13. The minimum atomic E-state index is -0.302. The third kappa shape index (κ3) is 2.87. The topological polar surface area (TPSA) is 37.8 Å². The molecule has 0 aliphatic heterocycles. The van der Waals surface area contributed by atoms with Crippen molar-refractivity contribution in [2.75, 3.05) is 0 Å². The lowest BCUT2D eigenvalue weighted by molar-refractivity contribution is 0.346. The molecule has 0 aliphatic rings. The molecule has 3 nitrogen and oxygen atoms in total. The van der Waals surface area contributed by atoms with E-state index in [4.69, 9.17) is 0 Å². The fourth-order valence-corrected chi connectivity index (χ4v) is 2.71. The van der Waals surface area contributed by atoms with E-state index in [1.165, 1.54) is 5.56 Å². The van der Waals surface area contributed by atoms with Gasteiger partial charge in [0.05, 0.1) is 16.8 Å². The van der Waals surface area contributed by atoms with Crippen molar-refractivity contribution in [3.63, 3.8) is 0 Å². The Labute approximate surface area is 136 Å². The lowest BCUT2D eigenvalue weighted by Crippen LogP contribution is -2.32. The van der Waals surface area contributed by atoms with E-state index < -0.39 is 0 Å². The van der Waals surface area contributed by atoms with E-state index in [0.29, 0.717) is 0 Å². The fourth-order valence-electron chi connectivity index (χ4n) is 2.71. The molecule has 0 aliphatic carbocycles. The van der Waals surface area contributed by atoms with Crippen molar-refractivity contribution in [2.45, 2.75) is 33.2 Å². The van der Waals surface area contributed by atoms with Crippen molar-refractivity contribution in [3.05, 3.63) is 70.5 Å². The number of benzene rings is 2. The first-order chi connectivity index (χ1) is 10.9. The van der Waals surface area contributed by atoms with Gasteiger partial charge in [0.2, 0.25) is 0 Å². The lowest BCUT2D eigenvalue weighted by Gasteiger charge is -2.19. The van der Waals surface area contributed by atoms with Gasteiger partial charge >= 0.3 is 0 Å². The third-order valence-electron chi connectivity index (χ3n) is 3.96. The fraction of sp³-hybridized carbons (Fsp3) is 0.250. The van der Waals surface area contributed by atoms with Crippen molar-refractivity contribution in [2.24, 2.45) is 0 Å². The SMILES string of the molecule is Cc1ccc(-c2c(-c3ccccc3)[nH]n(C(C)(C)C)c2=O)cc1. The monoisotopic (exact) mass is 306 g/mol. The molecule has 0 radical (unpaired) electrons. The van der Waals surface area contributed by atoms with Crippen LogP contribution in [0.25, 0.3) is 22.4 Å². The maximum Gasteiger partial charge on any atom is 0.275 e. The van der Waals surface area contributed by atoms with Crippen molar-refractivity contribution in [1.29, 1.82) is 0 Å². The number of hydrogen-bond donors (Lipinski definition) is 1. The number of hydrogen-bond acceptors (Lipinski definition) is 1. The van der Waals surface area contributed by atoms with Gasteiger partial charge in [0.1, 0.15) is 0 Å². The van der Waals surface area contributed by atoms with E-state index in [2.05, 4.69) is 5.10 Å². The highest BCUT2D eigenvalue weighted by Crippen LogP contribution is 2.29. The summed E-state index contributed by atoms with van der Waals surface area (Å²) in [6.07, 6.45) is 0. The summed E-state index contributed by atoms with van der Waals surface area (Å²) in [5.74, 6) is 0. The zero-order chi connectivity index (χ0) is 16.6. The van der Waals surface area contributed by atoms with Crippen molar-refractivity contribution in [1.82, 2.24) is 9.78 Å². The summed E-state index contributed by atoms with van der Waals surface area (Å²) in [5.41, 5.74) is 4.45. The van der Waals surface area contributed by atoms with Gasteiger partial charge in [-0.05, 0) is 33.3 Å². The van der Waals surface area contributed by atoms with Gasteiger partial charge in [-0.3, -0.25) is 9.89 Å². The molecule has 0 fully saturated rings. The molecule has 1 aromatic heterocycles. The van der Waals surface area contributed by atoms with Crippen LogP contribution in [0.5, 0.6) is 0 Å². The minimum Gasteiger partial charge on any atom is -0.294 e. The number of H-pyrrole nitrogens is 1. The molecule has 2 aromatic carbocycles. The molecule has 0 atom stereocenters. The van der Waals surface area contributed by atoms with Gasteiger partial charge in [-0.25, -0.2) is 4.68 Å². The Balaban J connectivity index is 2.30. The highest BCUT2D eigenvalue weighted by molar-refractivity contribution is 5.80. The molecule has 3 heteroatoms. The van der Waals surface area contributed by atoms with Gasteiger partial charge in [-0.15, -0.1) is 0 Å². The van der Waals surface area contributed by atoms with Crippen LogP contribution in [0.4, 0.5) is 0 Å². The number of aromatic nitrogens is 2. The first-order valence-electron chi connectivity index (χ1n) is 7.86. The number of aromatic amines is 1. The minimum absolute atomic E-state index is 0.0141. The number of rotatable bonds is 2. The van der Waals surface area contributed by atoms with Crippen LogP contribution in [0.15, 0.2) is 59.4 Å². The van der Waals surface area contributed by atoms with Crippen molar-refractivity contribution >= 4 is 0 Å². The molecule has 1 N–H and O–H groups in total. The Bertz CT molecular complexity index is 863. The van der Waals surface area contributed by atoms with Gasteiger partial charge in [0.25, 0.3) is 5.56 Å². The summed E-state index contributed by atoms with van der Waals surface area (Å²) in [5, 5.41) is 3.32. The summed E-state index contributed by atoms with van der Waals surface area (Å²) < 4.78 is 1.71. The van der Waals surface area contributed by atoms with E-state index >= 15 is 0 Å². The Morgan fingerprint density at radius 3 is 2.04 bits per heavy atom. The lowest BCUT2D eigenvalue weighted by atomic mass is 10.0. The molecular weight excluding hydrogens is 284 g/mol. The van der Waals surface area contributed by atoms with Crippen LogP contribution < -0.4 is 5.56 Å². The normalized spacial score (nSPS) is 11.7. The van der Waals surface area contributed by atoms with E-state index in [1.54, 1.807) is 4.68 Å². The van der Waals surface area contributed by atoms with Crippen LogP contribution in [0.2, 0.25) is 0 Å². The predicted molar refractivity (Wildman–Crippen MR) is 95.7 cm³/mol. The standard InChI is InChI=1S/C20H22N2O/c1-14-10-12-15(13-11-14)17-18(16-8-6-5-7-9-16)21-22(19(17)23)20(2,3)4/h5-13,21H,1-4H3. The van der Waals surface area contributed by atoms with Gasteiger partial charge in [-0.1, -0.05) is 60.2 Å². The molecule has 118 valence electrons. The molecular formula is C20H22N2O. The molecule has 0 saturated carbocycles. The maximum atomic E-state index is 13.0. The van der Waals surface area contributed by atoms with Gasteiger partial charge in [0, 0.05) is 5.56 Å². The number of nitrogens with one attached hydrogen (secondary N) is 1. The number of aryl methyl sites for hydroxylation is 1. The van der Waals surface area contributed by atoms with Crippen molar-refractivity contribution < 1.29 is 0 Å². The van der Waals surface area contributed by atoms with E-state index in [-0.39, 0.29) is 11.1 Å². The molecule has 3 aromatic rings. The molecule has 23 heavy (non-hydrogen) atoms. The van der Waals surface area contributed by atoms with Crippen molar-refractivity contribution in [3.8, 4) is 22.4 Å². The first kappa shape index (κ1) is 15.3. The third-order valence-corrected chi connectivity index (χ3v) is 3.96. The molecule has 0 amide bonds. The largest absolute Gasteiger partial charge is 0.294 e. The zero-order valence-corrected chi connectivity index (χ0v) is 14.1. The molecule has 1 heterocycles. The van der Waals surface area contributed by atoms with Crippen LogP contribution in [-0.2, 0) is 5.54 Å². The second kappa shape index (κ2) is 5.58. The quantitative estimate of drug-likeness (QED) is 0.739. The molecule has 0 saturated heterocycles. The smallest absolute Gasteiger partial charge is 0.275 e. The average molecular weight is 306 g/mol. The second-order valence-corrected chi connectivity index (χ2v) is 6.91. The Hall–Kier alpha value is -2.55. The summed E-state index contributed by atoms with van der Waals surface area (Å²) in [7, 11) is 0. The van der Waals surface area contributed by atoms with E-state index in [1.807, 2.05) is 82.3 Å². The van der Waals surface area contributed by atoms with Crippen LogP contribution in [0, 0.1) is 6.92 Å². The first-order valence-corrected chi connectivity index (χ1v) is 7.86. The van der Waals surface area contributed by atoms with Crippen LogP contribution in [0.1, 0.15) is 26.3 Å². The van der Waals surface area contributed by atoms with Gasteiger partial charge in [0.15, 0.2) is 0 Å². The molecule has 0 bridgehead atoms. The Morgan fingerprint density at radius 1 is 0.870 bits per heavy atom. The van der Waals surface area contributed by atoms with Gasteiger partial charge in [-0.2, -0.15) is 0 Å². The van der Waals surface area contributed by atoms with Crippen LogP contribution in [-0.4, -0.2) is 9.78 Å². The van der Waals surface area contributed by atoms with E-state index in [0.717, 1.165) is 22.4 Å². The molecule has 0 spiro atoms. The average Bonchev–Trinajstić information content (AvgIpc) is 2.87. The number of nitrogens with zero attached hydrogens (tertiary/aromatic N) is 1. The highest BCUT2D eigenvalue weighted by atomic mass is 16.1. The van der Waals surface area contributed by atoms with Crippen LogP contribution in [0.3, 0.4) is 0 Å².